The van der Waals surface area contributed by atoms with Gasteiger partial charge in [-0.2, -0.15) is 0 Å². The first-order valence-electron chi connectivity index (χ1n) is 8.65. The van der Waals surface area contributed by atoms with Gasteiger partial charge in [0.15, 0.2) is 0 Å². The second-order valence-corrected chi connectivity index (χ2v) is 6.40. The summed E-state index contributed by atoms with van der Waals surface area (Å²) in [7, 11) is 0. The number of H-pyrrole nitrogens is 1. The number of urea groups is 1. The van der Waals surface area contributed by atoms with Gasteiger partial charge in [0.1, 0.15) is 6.04 Å². The van der Waals surface area contributed by atoms with Crippen LogP contribution in [0.4, 0.5) is 4.79 Å². The topological polar surface area (TPSA) is 86.0 Å². The number of nitrogens with one attached hydrogen (secondary N) is 4. The molecule has 2 aromatic carbocycles. The lowest BCUT2D eigenvalue weighted by atomic mass is 9.91. The predicted molar refractivity (Wildman–Crippen MR) is 99.9 cm³/mol. The minimum absolute atomic E-state index is 0.0152. The molecule has 4 rings (SSSR count). The van der Waals surface area contributed by atoms with E-state index in [4.69, 9.17) is 0 Å². The summed E-state index contributed by atoms with van der Waals surface area (Å²) in [4.78, 5) is 26.9. The first-order valence-corrected chi connectivity index (χ1v) is 8.65. The standard InChI is InChI=1S/C20H20N4O2/c25-19(18-12-23-20(26)24-18)22-10-15(13-6-2-1-3-7-13)16-11-21-17-9-5-4-8-14(16)17/h1-9,11,15,18,21H,10,12H2,(H,22,25)(H2,23,24,26)/t15-,18-/m0/s1. The Morgan fingerprint density at radius 3 is 2.65 bits per heavy atom. The predicted octanol–water partition coefficient (Wildman–Crippen LogP) is 2.10. The molecular weight excluding hydrogens is 328 g/mol. The molecule has 0 aliphatic carbocycles. The van der Waals surface area contributed by atoms with Crippen LogP contribution in [0, 0.1) is 0 Å². The zero-order chi connectivity index (χ0) is 17.9. The van der Waals surface area contributed by atoms with Crippen molar-refractivity contribution < 1.29 is 9.59 Å². The van der Waals surface area contributed by atoms with Crippen molar-refractivity contribution in [3.63, 3.8) is 0 Å². The number of hydrogen-bond acceptors (Lipinski definition) is 2. The van der Waals surface area contributed by atoms with Gasteiger partial charge in [-0.15, -0.1) is 0 Å². The van der Waals surface area contributed by atoms with Gasteiger partial charge < -0.3 is 20.9 Å². The molecule has 1 aromatic heterocycles. The molecule has 132 valence electrons. The highest BCUT2D eigenvalue weighted by atomic mass is 16.2. The first kappa shape index (κ1) is 16.2. The normalized spacial score (nSPS) is 17.5. The molecule has 0 radical (unpaired) electrons. The Kier molecular flexibility index (Phi) is 4.31. The third kappa shape index (κ3) is 3.13. The maximum atomic E-state index is 12.4. The lowest BCUT2D eigenvalue weighted by Crippen LogP contribution is -2.44. The summed E-state index contributed by atoms with van der Waals surface area (Å²) in [6, 6.07) is 17.4. The molecule has 4 N–H and O–H groups in total. The van der Waals surface area contributed by atoms with Crippen LogP contribution in [0.3, 0.4) is 0 Å². The van der Waals surface area contributed by atoms with Crippen LogP contribution in [-0.2, 0) is 4.79 Å². The van der Waals surface area contributed by atoms with Gasteiger partial charge in [0.2, 0.25) is 5.91 Å². The Hall–Kier alpha value is -3.28. The smallest absolute Gasteiger partial charge is 0.315 e. The molecule has 6 heteroatoms. The molecule has 3 aromatic rings. The van der Waals surface area contributed by atoms with Crippen LogP contribution in [-0.4, -0.2) is 36.1 Å². The van der Waals surface area contributed by atoms with E-state index in [1.807, 2.05) is 42.6 Å². The van der Waals surface area contributed by atoms with Gasteiger partial charge >= 0.3 is 6.03 Å². The van der Waals surface area contributed by atoms with Crippen molar-refractivity contribution in [2.24, 2.45) is 0 Å². The SMILES string of the molecule is O=C1NC[C@@H](C(=O)NC[C@@H](c2ccccc2)c2c[nH]c3ccccc23)N1. The molecule has 0 unspecified atom stereocenters. The van der Waals surface area contributed by atoms with Crippen molar-refractivity contribution in [3.05, 3.63) is 71.9 Å². The van der Waals surface area contributed by atoms with Crippen molar-refractivity contribution in [1.82, 2.24) is 20.9 Å². The second-order valence-electron chi connectivity index (χ2n) is 6.40. The second kappa shape index (κ2) is 6.92. The molecule has 0 spiro atoms. The van der Waals surface area contributed by atoms with Gasteiger partial charge in [0, 0.05) is 36.1 Å². The highest BCUT2D eigenvalue weighted by Crippen LogP contribution is 2.30. The highest BCUT2D eigenvalue weighted by molar-refractivity contribution is 5.90. The molecule has 26 heavy (non-hydrogen) atoms. The van der Waals surface area contributed by atoms with E-state index < -0.39 is 6.04 Å². The number of aromatic nitrogens is 1. The van der Waals surface area contributed by atoms with E-state index in [2.05, 4.69) is 39.1 Å². The lowest BCUT2D eigenvalue weighted by Gasteiger charge is -2.19. The van der Waals surface area contributed by atoms with Crippen molar-refractivity contribution in [1.29, 1.82) is 0 Å². The third-order valence-electron chi connectivity index (χ3n) is 4.77. The minimum atomic E-state index is -0.526. The zero-order valence-corrected chi connectivity index (χ0v) is 14.2. The van der Waals surface area contributed by atoms with Crippen LogP contribution in [0.5, 0.6) is 0 Å². The maximum absolute atomic E-state index is 12.4. The minimum Gasteiger partial charge on any atom is -0.361 e. The van der Waals surface area contributed by atoms with E-state index in [1.54, 1.807) is 0 Å². The van der Waals surface area contributed by atoms with Crippen LogP contribution in [0.25, 0.3) is 10.9 Å². The molecule has 3 amide bonds. The number of carbonyl (C=O) groups is 2. The van der Waals surface area contributed by atoms with Gasteiger partial charge in [0.25, 0.3) is 0 Å². The van der Waals surface area contributed by atoms with Crippen molar-refractivity contribution >= 4 is 22.8 Å². The highest BCUT2D eigenvalue weighted by Gasteiger charge is 2.27. The van der Waals surface area contributed by atoms with Crippen molar-refractivity contribution in [2.45, 2.75) is 12.0 Å². The van der Waals surface area contributed by atoms with Crippen LogP contribution in [0.1, 0.15) is 17.0 Å². The quantitative estimate of drug-likeness (QED) is 0.569. The Morgan fingerprint density at radius 2 is 1.88 bits per heavy atom. The molecule has 0 saturated carbocycles. The van der Waals surface area contributed by atoms with Crippen molar-refractivity contribution in [3.8, 4) is 0 Å². The van der Waals surface area contributed by atoms with Gasteiger partial charge in [-0.05, 0) is 17.2 Å². The Labute approximate surface area is 151 Å². The fourth-order valence-electron chi connectivity index (χ4n) is 3.41. The molecule has 2 heterocycles. The molecule has 2 atom stereocenters. The maximum Gasteiger partial charge on any atom is 0.315 e. The average Bonchev–Trinajstić information content (AvgIpc) is 3.29. The molecular formula is C20H20N4O2. The van der Waals surface area contributed by atoms with E-state index in [1.165, 1.54) is 0 Å². The van der Waals surface area contributed by atoms with Crippen LogP contribution < -0.4 is 16.0 Å². The van der Waals surface area contributed by atoms with E-state index in [9.17, 15) is 9.59 Å². The van der Waals surface area contributed by atoms with Gasteiger partial charge in [0.05, 0.1) is 0 Å². The van der Waals surface area contributed by atoms with E-state index in [-0.39, 0.29) is 17.9 Å². The number of para-hydroxylation sites is 1. The number of carbonyl (C=O) groups excluding carboxylic acids is 2. The Bertz CT molecular complexity index is 935. The molecule has 1 saturated heterocycles. The average molecular weight is 348 g/mol. The van der Waals surface area contributed by atoms with Crippen molar-refractivity contribution in [2.75, 3.05) is 13.1 Å². The zero-order valence-electron chi connectivity index (χ0n) is 14.2. The van der Waals surface area contributed by atoms with Gasteiger partial charge in [-0.1, -0.05) is 48.5 Å². The Balaban J connectivity index is 1.60. The molecule has 6 nitrogen and oxygen atoms in total. The number of hydrogen-bond donors (Lipinski definition) is 4. The lowest BCUT2D eigenvalue weighted by molar-refractivity contribution is -0.122. The van der Waals surface area contributed by atoms with E-state index in [0.717, 1.165) is 22.0 Å². The number of rotatable bonds is 5. The van der Waals surface area contributed by atoms with E-state index >= 15 is 0 Å². The molecule has 1 aliphatic rings. The summed E-state index contributed by atoms with van der Waals surface area (Å²) in [6.45, 7) is 0.769. The molecule has 1 aliphatic heterocycles. The summed E-state index contributed by atoms with van der Waals surface area (Å²) in [5.41, 5.74) is 3.34. The fraction of sp³-hybridized carbons (Fsp3) is 0.200. The molecule has 1 fully saturated rings. The third-order valence-corrected chi connectivity index (χ3v) is 4.77. The Morgan fingerprint density at radius 1 is 1.12 bits per heavy atom. The van der Waals surface area contributed by atoms with E-state index in [0.29, 0.717) is 13.1 Å². The summed E-state index contributed by atoms with van der Waals surface area (Å²) >= 11 is 0. The summed E-state index contributed by atoms with van der Waals surface area (Å²) in [6.07, 6.45) is 2.01. The van der Waals surface area contributed by atoms with Crippen LogP contribution in [0.2, 0.25) is 0 Å². The van der Waals surface area contributed by atoms with Gasteiger partial charge in [-0.25, -0.2) is 4.79 Å². The summed E-state index contributed by atoms with van der Waals surface area (Å²) in [5, 5.41) is 9.35. The molecule has 0 bridgehead atoms. The summed E-state index contributed by atoms with van der Waals surface area (Å²) < 4.78 is 0. The number of amides is 3. The fourth-order valence-corrected chi connectivity index (χ4v) is 3.41. The van der Waals surface area contributed by atoms with Gasteiger partial charge in [-0.3, -0.25) is 4.79 Å². The number of aromatic amines is 1. The monoisotopic (exact) mass is 348 g/mol. The van der Waals surface area contributed by atoms with Crippen LogP contribution in [0.15, 0.2) is 60.8 Å². The summed E-state index contributed by atoms with van der Waals surface area (Å²) in [5.74, 6) is -0.162. The van der Waals surface area contributed by atoms with Crippen LogP contribution >= 0.6 is 0 Å². The number of benzene rings is 2. The largest absolute Gasteiger partial charge is 0.361 e. The number of fused-ring (bicyclic) bond motifs is 1. The first-order chi connectivity index (χ1) is 12.7.